The minimum atomic E-state index is -4.12. The van der Waals surface area contributed by atoms with E-state index in [9.17, 15) is 18.9 Å². The molecule has 1 saturated heterocycles. The lowest BCUT2D eigenvalue weighted by Gasteiger charge is -2.37. The molecule has 6 nitrogen and oxygen atoms in total. The molecule has 4 rings (SSSR count). The second-order valence-electron chi connectivity index (χ2n) is 9.45. The number of ether oxygens (including phenoxy) is 1. The van der Waals surface area contributed by atoms with Crippen molar-refractivity contribution < 1.29 is 13.2 Å². The molecule has 0 N–H and O–H groups in total. The highest BCUT2D eigenvalue weighted by molar-refractivity contribution is 7.95. The maximum absolute atomic E-state index is 13.6. The zero-order valence-corrected chi connectivity index (χ0v) is 20.2. The SMILES string of the molecule is CC1(C)CC(N2CCCC2)=C(C#N)/C(=C(/C#N)S(=O)(=O)c2ccc(Oc3ccccc3)cc2)C1. The molecule has 34 heavy (non-hydrogen) atoms. The summed E-state index contributed by atoms with van der Waals surface area (Å²) < 4.78 is 32.9. The fourth-order valence-electron chi connectivity index (χ4n) is 4.65. The Morgan fingerprint density at radius 2 is 1.56 bits per heavy atom. The average Bonchev–Trinajstić information content (AvgIpc) is 3.35. The number of allylic oxidation sites excluding steroid dienone is 4. The van der Waals surface area contributed by atoms with E-state index in [1.807, 2.05) is 24.3 Å². The van der Waals surface area contributed by atoms with Gasteiger partial charge < -0.3 is 9.64 Å². The van der Waals surface area contributed by atoms with Gasteiger partial charge in [-0.25, -0.2) is 8.42 Å². The Morgan fingerprint density at radius 1 is 0.941 bits per heavy atom. The van der Waals surface area contributed by atoms with Gasteiger partial charge in [-0.05, 0) is 67.5 Å². The van der Waals surface area contributed by atoms with Gasteiger partial charge in [0.2, 0.25) is 9.84 Å². The van der Waals surface area contributed by atoms with Crippen LogP contribution >= 0.6 is 0 Å². The summed E-state index contributed by atoms with van der Waals surface area (Å²) in [5.41, 5.74) is 1.26. The van der Waals surface area contributed by atoms with Crippen LogP contribution in [0.15, 0.2) is 81.2 Å². The summed E-state index contributed by atoms with van der Waals surface area (Å²) >= 11 is 0. The van der Waals surface area contributed by atoms with Crippen molar-refractivity contribution in [2.75, 3.05) is 13.1 Å². The van der Waals surface area contributed by atoms with Crippen LogP contribution in [0.5, 0.6) is 11.5 Å². The van der Waals surface area contributed by atoms with Crippen LogP contribution in [0.1, 0.15) is 39.5 Å². The normalized spacial score (nSPS) is 19.4. The van der Waals surface area contributed by atoms with Gasteiger partial charge in [0.1, 0.15) is 23.6 Å². The molecule has 0 spiro atoms. The first kappa shape index (κ1) is 23.6. The number of nitrogens with zero attached hydrogens (tertiary/aromatic N) is 3. The third-order valence-corrected chi connectivity index (χ3v) is 8.02. The highest BCUT2D eigenvalue weighted by Gasteiger charge is 2.38. The van der Waals surface area contributed by atoms with Crippen LogP contribution in [0.25, 0.3) is 0 Å². The summed E-state index contributed by atoms with van der Waals surface area (Å²) in [5, 5.41) is 20.0. The topological polar surface area (TPSA) is 94.2 Å². The number of hydrogen-bond acceptors (Lipinski definition) is 6. The molecule has 174 valence electrons. The summed E-state index contributed by atoms with van der Waals surface area (Å²) in [6.45, 7) is 5.80. The molecule has 0 radical (unpaired) electrons. The molecule has 1 fully saturated rings. The van der Waals surface area contributed by atoms with Crippen LogP contribution in [-0.4, -0.2) is 26.4 Å². The number of benzene rings is 2. The van der Waals surface area contributed by atoms with E-state index >= 15 is 0 Å². The molecule has 2 aromatic carbocycles. The Morgan fingerprint density at radius 3 is 2.15 bits per heavy atom. The lowest BCUT2D eigenvalue weighted by atomic mass is 9.73. The molecule has 1 aliphatic carbocycles. The molecule has 1 aliphatic heterocycles. The van der Waals surface area contributed by atoms with Gasteiger partial charge in [-0.15, -0.1) is 0 Å². The number of hydrogen-bond donors (Lipinski definition) is 0. The molecule has 0 atom stereocenters. The van der Waals surface area contributed by atoms with Crippen molar-refractivity contribution in [1.29, 1.82) is 10.5 Å². The number of rotatable bonds is 5. The average molecular weight is 474 g/mol. The second-order valence-corrected chi connectivity index (χ2v) is 11.3. The highest BCUT2D eigenvalue weighted by Crippen LogP contribution is 2.45. The molecule has 7 heteroatoms. The summed E-state index contributed by atoms with van der Waals surface area (Å²) in [6.07, 6.45) is 3.12. The number of likely N-dealkylation sites (tertiary alicyclic amines) is 1. The van der Waals surface area contributed by atoms with Crippen LogP contribution in [0.4, 0.5) is 0 Å². The Hall–Kier alpha value is -3.55. The minimum absolute atomic E-state index is 0.000327. The van der Waals surface area contributed by atoms with Crippen molar-refractivity contribution in [3.63, 3.8) is 0 Å². The predicted molar refractivity (Wildman–Crippen MR) is 129 cm³/mol. The number of para-hydroxylation sites is 1. The standard InChI is InChI=1S/C27H27N3O3S/c1-27(2)16-23(24(18-28)25(17-27)30-14-6-7-15-30)26(19-29)34(31,32)22-12-10-21(11-13-22)33-20-8-4-3-5-9-20/h3-5,8-13H,6-7,14-17H2,1-2H3/b26-23-. The van der Waals surface area contributed by atoms with Gasteiger partial charge >= 0.3 is 0 Å². The van der Waals surface area contributed by atoms with E-state index in [1.165, 1.54) is 12.1 Å². The summed E-state index contributed by atoms with van der Waals surface area (Å²) in [7, 11) is -4.12. The van der Waals surface area contributed by atoms with Crippen molar-refractivity contribution in [2.45, 2.75) is 44.4 Å². The van der Waals surface area contributed by atoms with Crippen LogP contribution < -0.4 is 4.74 Å². The fourth-order valence-corrected chi connectivity index (χ4v) is 6.00. The molecule has 0 bridgehead atoms. The van der Waals surface area contributed by atoms with E-state index in [0.717, 1.165) is 31.6 Å². The molecule has 2 aromatic rings. The van der Waals surface area contributed by atoms with Gasteiger partial charge in [-0.3, -0.25) is 0 Å². The summed E-state index contributed by atoms with van der Waals surface area (Å²) in [6, 6.07) is 19.4. The number of sulfone groups is 1. The monoisotopic (exact) mass is 473 g/mol. The van der Waals surface area contributed by atoms with E-state index in [4.69, 9.17) is 4.74 Å². The van der Waals surface area contributed by atoms with Crippen molar-refractivity contribution >= 4 is 9.84 Å². The maximum Gasteiger partial charge on any atom is 0.216 e. The lowest BCUT2D eigenvalue weighted by molar-refractivity contribution is 0.287. The summed E-state index contributed by atoms with van der Waals surface area (Å²) in [5.74, 6) is 1.13. The fraction of sp³-hybridized carbons (Fsp3) is 0.333. The molecular formula is C27H27N3O3S. The predicted octanol–water partition coefficient (Wildman–Crippen LogP) is 5.72. The van der Waals surface area contributed by atoms with Crippen molar-refractivity contribution in [3.05, 3.63) is 76.3 Å². The first-order valence-electron chi connectivity index (χ1n) is 11.3. The van der Waals surface area contributed by atoms with Crippen LogP contribution in [0, 0.1) is 28.1 Å². The molecular weight excluding hydrogens is 446 g/mol. The van der Waals surface area contributed by atoms with Crippen LogP contribution in [-0.2, 0) is 9.84 Å². The summed E-state index contributed by atoms with van der Waals surface area (Å²) in [4.78, 5) is 1.84. The first-order chi connectivity index (χ1) is 16.2. The smallest absolute Gasteiger partial charge is 0.216 e. The lowest BCUT2D eigenvalue weighted by Crippen LogP contribution is -2.30. The molecule has 0 amide bonds. The van der Waals surface area contributed by atoms with Crippen LogP contribution in [0.2, 0.25) is 0 Å². The third-order valence-electron chi connectivity index (χ3n) is 6.25. The maximum atomic E-state index is 13.6. The van der Waals surface area contributed by atoms with E-state index < -0.39 is 9.84 Å². The van der Waals surface area contributed by atoms with Gasteiger partial charge in [-0.2, -0.15) is 10.5 Å². The van der Waals surface area contributed by atoms with E-state index in [2.05, 4.69) is 24.8 Å². The zero-order chi connectivity index (χ0) is 24.3. The van der Waals surface area contributed by atoms with Crippen LogP contribution in [0.3, 0.4) is 0 Å². The Kier molecular flexibility index (Phi) is 6.50. The molecule has 0 aromatic heterocycles. The van der Waals surface area contributed by atoms with Crippen molar-refractivity contribution in [1.82, 2.24) is 4.90 Å². The first-order valence-corrected chi connectivity index (χ1v) is 12.8. The molecule has 0 saturated carbocycles. The largest absolute Gasteiger partial charge is 0.457 e. The highest BCUT2D eigenvalue weighted by atomic mass is 32.2. The minimum Gasteiger partial charge on any atom is -0.457 e. The molecule has 0 unspecified atom stereocenters. The Labute approximate surface area is 201 Å². The quantitative estimate of drug-likeness (QED) is 0.515. The molecule has 2 aliphatic rings. The number of nitriles is 2. The van der Waals surface area contributed by atoms with Gasteiger partial charge in [0.15, 0.2) is 4.91 Å². The molecule has 1 heterocycles. The van der Waals surface area contributed by atoms with Gasteiger partial charge in [0.05, 0.1) is 10.5 Å². The van der Waals surface area contributed by atoms with Gasteiger partial charge in [0.25, 0.3) is 0 Å². The third kappa shape index (κ3) is 4.71. The van der Waals surface area contributed by atoms with Crippen molar-refractivity contribution in [2.24, 2.45) is 5.41 Å². The van der Waals surface area contributed by atoms with Crippen molar-refractivity contribution in [3.8, 4) is 23.6 Å². The Balaban J connectivity index is 1.76. The van der Waals surface area contributed by atoms with E-state index in [-0.39, 0.29) is 15.2 Å². The van der Waals surface area contributed by atoms with Gasteiger partial charge in [-0.1, -0.05) is 32.0 Å². The Bertz CT molecular complexity index is 1320. The van der Waals surface area contributed by atoms with E-state index in [0.29, 0.717) is 35.5 Å². The second kappa shape index (κ2) is 9.37. The van der Waals surface area contributed by atoms with Gasteiger partial charge in [0, 0.05) is 24.4 Å². The van der Waals surface area contributed by atoms with E-state index in [1.54, 1.807) is 24.3 Å². The zero-order valence-electron chi connectivity index (χ0n) is 19.4.